The van der Waals surface area contributed by atoms with Crippen LogP contribution < -0.4 is 0 Å². The zero-order valence-corrected chi connectivity index (χ0v) is 13.0. The number of hydrogen-bond acceptors (Lipinski definition) is 4. The molecule has 0 aromatic heterocycles. The monoisotopic (exact) mass is 329 g/mol. The molecule has 114 valence electrons. The van der Waals surface area contributed by atoms with Crippen molar-refractivity contribution < 1.29 is 19.1 Å². The number of rotatable bonds is 6. The predicted molar refractivity (Wildman–Crippen MR) is 82.9 cm³/mol. The molecule has 1 atom stereocenters. The molecule has 1 unspecified atom stereocenters. The summed E-state index contributed by atoms with van der Waals surface area (Å²) in [5.74, 6) is 0.197. The zero-order valence-electron chi connectivity index (χ0n) is 11.3. The molecule has 21 heavy (non-hydrogen) atoms. The summed E-state index contributed by atoms with van der Waals surface area (Å²) < 4.78 is 13.9. The molecule has 4 nitrogen and oxygen atoms in total. The molecular weight excluding hydrogens is 313 g/mol. The van der Waals surface area contributed by atoms with E-state index < -0.39 is 5.97 Å². The summed E-state index contributed by atoms with van der Waals surface area (Å²) in [5.41, 5.74) is 0.531. The van der Waals surface area contributed by atoms with Crippen molar-refractivity contribution in [2.75, 3.05) is 23.8 Å². The molecule has 1 heterocycles. The highest BCUT2D eigenvalue weighted by Crippen LogP contribution is 2.39. The van der Waals surface area contributed by atoms with Crippen LogP contribution in [-0.4, -0.2) is 45.7 Å². The van der Waals surface area contributed by atoms with Gasteiger partial charge >= 0.3 is 5.97 Å². The number of carboxylic acid groups (broad SMARTS) is 1. The van der Waals surface area contributed by atoms with Crippen LogP contribution in [0.2, 0.25) is 0 Å². The molecule has 1 aromatic carbocycles. The summed E-state index contributed by atoms with van der Waals surface area (Å²) in [6, 6.07) is 6.50. The van der Waals surface area contributed by atoms with E-state index in [0.717, 1.165) is 5.75 Å². The van der Waals surface area contributed by atoms with E-state index in [4.69, 9.17) is 5.11 Å². The largest absolute Gasteiger partial charge is 0.481 e. The first-order valence-electron chi connectivity index (χ1n) is 6.54. The van der Waals surface area contributed by atoms with Gasteiger partial charge in [0.15, 0.2) is 0 Å². The van der Waals surface area contributed by atoms with E-state index >= 15 is 0 Å². The molecule has 7 heteroatoms. The number of hydrogen-bond donors (Lipinski definition) is 1. The fraction of sp³-hybridized carbons (Fsp3) is 0.429. The van der Waals surface area contributed by atoms with Crippen molar-refractivity contribution in [3.63, 3.8) is 0 Å². The van der Waals surface area contributed by atoms with Crippen LogP contribution >= 0.6 is 23.5 Å². The summed E-state index contributed by atoms with van der Waals surface area (Å²) in [6.45, 7) is 0.599. The molecule has 2 rings (SSSR count). The number of carboxylic acids is 1. The van der Waals surface area contributed by atoms with E-state index in [0.29, 0.717) is 17.9 Å². The highest BCUT2D eigenvalue weighted by molar-refractivity contribution is 8.00. The van der Waals surface area contributed by atoms with Crippen molar-refractivity contribution in [3.8, 4) is 0 Å². The van der Waals surface area contributed by atoms with Crippen molar-refractivity contribution in [2.45, 2.75) is 11.8 Å². The molecule has 0 aliphatic carbocycles. The SMILES string of the molecule is O=C(O)CCSCC(=O)N1CCSC1c1ccccc1F. The molecule has 1 aromatic rings. The lowest BCUT2D eigenvalue weighted by atomic mass is 10.2. The second kappa shape index (κ2) is 7.70. The fourth-order valence-electron chi connectivity index (χ4n) is 2.06. The zero-order chi connectivity index (χ0) is 15.2. The number of amides is 1. The van der Waals surface area contributed by atoms with Gasteiger partial charge in [0.25, 0.3) is 0 Å². The molecule has 1 aliphatic rings. The molecule has 0 radical (unpaired) electrons. The summed E-state index contributed by atoms with van der Waals surface area (Å²) in [5, 5.41) is 8.28. The Labute approximate surface area is 131 Å². The van der Waals surface area contributed by atoms with Crippen molar-refractivity contribution >= 4 is 35.4 Å². The lowest BCUT2D eigenvalue weighted by molar-refractivity contribution is -0.136. The number of carbonyl (C=O) groups is 2. The molecule has 0 spiro atoms. The third-order valence-electron chi connectivity index (χ3n) is 3.07. The van der Waals surface area contributed by atoms with E-state index in [9.17, 15) is 14.0 Å². The van der Waals surface area contributed by atoms with Gasteiger partial charge in [-0.25, -0.2) is 4.39 Å². The molecule has 1 N–H and O–H groups in total. The number of carbonyl (C=O) groups excluding carboxylic acids is 1. The maximum atomic E-state index is 13.9. The Hall–Kier alpha value is -1.21. The van der Waals surface area contributed by atoms with Gasteiger partial charge in [0.1, 0.15) is 11.2 Å². The van der Waals surface area contributed by atoms with Gasteiger partial charge in [0.05, 0.1) is 12.2 Å². The van der Waals surface area contributed by atoms with Crippen molar-refractivity contribution in [3.05, 3.63) is 35.6 Å². The van der Waals surface area contributed by atoms with Crippen LogP contribution in [0.1, 0.15) is 17.4 Å². The average molecular weight is 329 g/mol. The highest BCUT2D eigenvalue weighted by atomic mass is 32.2. The van der Waals surface area contributed by atoms with Crippen LogP contribution in [0.3, 0.4) is 0 Å². The van der Waals surface area contributed by atoms with Crippen LogP contribution in [0.4, 0.5) is 4.39 Å². The Morgan fingerprint density at radius 1 is 1.43 bits per heavy atom. The molecule has 1 amide bonds. The molecule has 1 aliphatic heterocycles. The first-order valence-corrected chi connectivity index (χ1v) is 8.75. The van der Waals surface area contributed by atoms with E-state index in [-0.39, 0.29) is 29.3 Å². The second-order valence-electron chi connectivity index (χ2n) is 4.53. The average Bonchev–Trinajstić information content (AvgIpc) is 2.93. The molecule has 1 saturated heterocycles. The number of aliphatic carboxylic acids is 1. The fourth-order valence-corrected chi connectivity index (χ4v) is 4.16. The van der Waals surface area contributed by atoms with Crippen molar-refractivity contribution in [2.24, 2.45) is 0 Å². The van der Waals surface area contributed by atoms with Crippen LogP contribution in [0.5, 0.6) is 0 Å². The normalized spacial score (nSPS) is 18.0. The van der Waals surface area contributed by atoms with Gasteiger partial charge in [-0.2, -0.15) is 11.8 Å². The number of benzene rings is 1. The second-order valence-corrected chi connectivity index (χ2v) is 6.82. The third-order valence-corrected chi connectivity index (χ3v) is 5.25. The first kappa shape index (κ1) is 16.2. The van der Waals surface area contributed by atoms with Crippen LogP contribution in [0, 0.1) is 5.82 Å². The Kier molecular flexibility index (Phi) is 5.93. The standard InChI is InChI=1S/C14H16FNO3S2/c15-11-4-2-1-3-10(11)14-16(6-8-21-14)12(17)9-20-7-5-13(18)19/h1-4,14H,5-9H2,(H,18,19). The number of nitrogens with zero attached hydrogens (tertiary/aromatic N) is 1. The molecule has 1 fully saturated rings. The van der Waals surface area contributed by atoms with Gasteiger partial charge < -0.3 is 10.0 Å². The molecule has 0 bridgehead atoms. The summed E-state index contributed by atoms with van der Waals surface area (Å²) >= 11 is 2.85. The Morgan fingerprint density at radius 3 is 2.90 bits per heavy atom. The Bertz CT molecular complexity index is 527. The van der Waals surface area contributed by atoms with Gasteiger partial charge in [0, 0.05) is 23.6 Å². The quantitative estimate of drug-likeness (QED) is 0.813. The van der Waals surface area contributed by atoms with Crippen molar-refractivity contribution in [1.29, 1.82) is 0 Å². The summed E-state index contributed by atoms with van der Waals surface area (Å²) in [7, 11) is 0. The third kappa shape index (κ3) is 4.38. The number of halogens is 1. The maximum absolute atomic E-state index is 13.9. The van der Waals surface area contributed by atoms with E-state index in [1.54, 1.807) is 34.9 Å². The highest BCUT2D eigenvalue weighted by Gasteiger charge is 2.31. The minimum absolute atomic E-state index is 0.0451. The maximum Gasteiger partial charge on any atom is 0.304 e. The lowest BCUT2D eigenvalue weighted by Gasteiger charge is -2.24. The smallest absolute Gasteiger partial charge is 0.304 e. The summed E-state index contributed by atoms with van der Waals surface area (Å²) in [6.07, 6.45) is 0.0451. The van der Waals surface area contributed by atoms with Gasteiger partial charge in [-0.3, -0.25) is 9.59 Å². The van der Waals surface area contributed by atoms with Crippen LogP contribution in [0.25, 0.3) is 0 Å². The first-order chi connectivity index (χ1) is 10.1. The van der Waals surface area contributed by atoms with Gasteiger partial charge in [0.2, 0.25) is 5.91 Å². The minimum Gasteiger partial charge on any atom is -0.481 e. The topological polar surface area (TPSA) is 57.6 Å². The van der Waals surface area contributed by atoms with Gasteiger partial charge in [-0.15, -0.1) is 11.8 Å². The minimum atomic E-state index is -0.865. The molecule has 0 saturated carbocycles. The van der Waals surface area contributed by atoms with E-state index in [2.05, 4.69) is 0 Å². The van der Waals surface area contributed by atoms with Crippen molar-refractivity contribution in [1.82, 2.24) is 4.90 Å². The Morgan fingerprint density at radius 2 is 2.19 bits per heavy atom. The van der Waals surface area contributed by atoms with E-state index in [1.165, 1.54) is 17.8 Å². The summed E-state index contributed by atoms with van der Waals surface area (Å²) in [4.78, 5) is 24.3. The van der Waals surface area contributed by atoms with Crippen LogP contribution in [-0.2, 0) is 9.59 Å². The van der Waals surface area contributed by atoms with Gasteiger partial charge in [-0.1, -0.05) is 18.2 Å². The number of thioether (sulfide) groups is 2. The Balaban J connectivity index is 1.94. The lowest BCUT2D eigenvalue weighted by Crippen LogP contribution is -2.32. The van der Waals surface area contributed by atoms with Gasteiger partial charge in [-0.05, 0) is 6.07 Å². The predicted octanol–water partition coefficient (Wildman–Crippen LogP) is 2.61. The van der Waals surface area contributed by atoms with E-state index in [1.807, 2.05) is 0 Å². The van der Waals surface area contributed by atoms with Crippen LogP contribution in [0.15, 0.2) is 24.3 Å². The molecular formula is C14H16FNO3S2.